The molecule has 42 heavy (non-hydrogen) atoms. The number of ether oxygens (including phenoxy) is 3. The Hall–Kier alpha value is -4.30. The number of ketones is 1. The zero-order valence-electron chi connectivity index (χ0n) is 25.1. The summed E-state index contributed by atoms with van der Waals surface area (Å²) in [6, 6.07) is 19.6. The van der Waals surface area contributed by atoms with E-state index < -0.39 is 17.7 Å². The van der Waals surface area contributed by atoms with E-state index in [1.807, 2.05) is 62.3 Å². The number of hydrogen-bond donors (Lipinski definition) is 1. The fourth-order valence-corrected chi connectivity index (χ4v) is 4.91. The zero-order valence-corrected chi connectivity index (χ0v) is 25.1. The molecule has 1 heterocycles. The summed E-state index contributed by atoms with van der Waals surface area (Å²) >= 11 is 0. The summed E-state index contributed by atoms with van der Waals surface area (Å²) in [7, 11) is 5.35. The van der Waals surface area contributed by atoms with E-state index in [1.165, 1.54) is 4.90 Å². The van der Waals surface area contributed by atoms with Crippen molar-refractivity contribution in [1.29, 1.82) is 0 Å². The molecule has 1 aliphatic rings. The molecule has 3 aromatic carbocycles. The molecule has 222 valence electrons. The minimum atomic E-state index is -0.803. The Morgan fingerprint density at radius 2 is 1.69 bits per heavy atom. The quantitative estimate of drug-likeness (QED) is 0.121. The van der Waals surface area contributed by atoms with Gasteiger partial charge in [0.15, 0.2) is 11.5 Å². The fraction of sp³-hybridized carbons (Fsp3) is 0.353. The predicted octanol–water partition coefficient (Wildman–Crippen LogP) is 5.74. The number of hydrogen-bond acceptors (Lipinski definition) is 7. The maximum absolute atomic E-state index is 13.5. The van der Waals surface area contributed by atoms with E-state index in [9.17, 15) is 14.7 Å². The van der Waals surface area contributed by atoms with Crippen molar-refractivity contribution in [2.45, 2.75) is 39.3 Å². The van der Waals surface area contributed by atoms with Crippen LogP contribution in [0.2, 0.25) is 0 Å². The van der Waals surface area contributed by atoms with Gasteiger partial charge in [0, 0.05) is 18.7 Å². The first kappa shape index (κ1) is 30.7. The number of likely N-dealkylation sites (N-methyl/N-ethyl adjacent to an activating group) is 1. The second-order valence-corrected chi connectivity index (χ2v) is 10.7. The van der Waals surface area contributed by atoms with Gasteiger partial charge in [-0.05, 0) is 74.5 Å². The van der Waals surface area contributed by atoms with E-state index in [-0.39, 0.29) is 11.3 Å². The second kappa shape index (κ2) is 14.0. The number of unbranched alkanes of at least 4 members (excludes halogenated alkanes) is 1. The number of carbonyl (C=O) groups excluding carboxylic acids is 2. The van der Waals surface area contributed by atoms with Crippen LogP contribution in [-0.4, -0.2) is 67.5 Å². The number of Topliss-reactive ketones (excluding diaryl/α,β-unsaturated/α-hetero) is 1. The first-order chi connectivity index (χ1) is 20.2. The molecule has 0 aliphatic carbocycles. The molecule has 1 fully saturated rings. The Labute approximate surface area is 248 Å². The number of amides is 1. The molecule has 0 spiro atoms. The molecule has 4 rings (SSSR count). The minimum absolute atomic E-state index is 0.0396. The molecule has 3 aromatic rings. The number of rotatable bonds is 13. The van der Waals surface area contributed by atoms with Gasteiger partial charge in [0.2, 0.25) is 0 Å². The van der Waals surface area contributed by atoms with E-state index in [2.05, 4.69) is 6.92 Å². The van der Waals surface area contributed by atoms with Crippen LogP contribution >= 0.6 is 0 Å². The lowest BCUT2D eigenvalue weighted by atomic mass is 9.94. The minimum Gasteiger partial charge on any atom is -0.507 e. The van der Waals surface area contributed by atoms with Crippen LogP contribution in [0.4, 0.5) is 0 Å². The van der Waals surface area contributed by atoms with Crippen molar-refractivity contribution in [1.82, 2.24) is 9.80 Å². The third kappa shape index (κ3) is 6.94. The summed E-state index contributed by atoms with van der Waals surface area (Å²) in [4.78, 5) is 30.3. The average Bonchev–Trinajstić information content (AvgIpc) is 3.24. The van der Waals surface area contributed by atoms with Gasteiger partial charge in [-0.1, -0.05) is 49.7 Å². The van der Waals surface area contributed by atoms with Crippen LogP contribution in [0.5, 0.6) is 17.2 Å². The van der Waals surface area contributed by atoms with Crippen molar-refractivity contribution in [3.05, 3.63) is 94.6 Å². The maximum atomic E-state index is 13.5. The van der Waals surface area contributed by atoms with Gasteiger partial charge >= 0.3 is 0 Å². The average molecular weight is 573 g/mol. The lowest BCUT2D eigenvalue weighted by Crippen LogP contribution is -2.35. The van der Waals surface area contributed by atoms with Crippen molar-refractivity contribution in [3.63, 3.8) is 0 Å². The van der Waals surface area contributed by atoms with Gasteiger partial charge in [-0.2, -0.15) is 0 Å². The molecule has 1 unspecified atom stereocenters. The summed E-state index contributed by atoms with van der Waals surface area (Å²) in [5, 5.41) is 11.5. The molecule has 1 atom stereocenters. The van der Waals surface area contributed by atoms with Gasteiger partial charge in [-0.25, -0.2) is 0 Å². The Morgan fingerprint density at radius 3 is 2.36 bits per heavy atom. The number of benzene rings is 3. The van der Waals surface area contributed by atoms with Crippen LogP contribution < -0.4 is 14.2 Å². The first-order valence-electron chi connectivity index (χ1n) is 14.3. The van der Waals surface area contributed by atoms with Gasteiger partial charge in [0.25, 0.3) is 11.7 Å². The van der Waals surface area contributed by atoms with Crippen LogP contribution in [0.1, 0.15) is 48.1 Å². The molecule has 1 N–H and O–H groups in total. The van der Waals surface area contributed by atoms with Gasteiger partial charge in [0.1, 0.15) is 18.1 Å². The predicted molar refractivity (Wildman–Crippen MR) is 163 cm³/mol. The number of likely N-dealkylation sites (tertiary alicyclic amines) is 1. The molecule has 1 saturated heterocycles. The summed E-state index contributed by atoms with van der Waals surface area (Å²) < 4.78 is 17.6. The summed E-state index contributed by atoms with van der Waals surface area (Å²) in [6.07, 6.45) is 1.97. The Bertz CT molecular complexity index is 1430. The van der Waals surface area contributed by atoms with Crippen LogP contribution in [0.3, 0.4) is 0 Å². The number of aliphatic hydroxyl groups is 1. The van der Waals surface area contributed by atoms with E-state index >= 15 is 0 Å². The Balaban J connectivity index is 1.73. The number of aliphatic hydroxyl groups excluding tert-OH is 1. The molecule has 8 heteroatoms. The van der Waals surface area contributed by atoms with Crippen LogP contribution in [0.15, 0.2) is 72.3 Å². The number of carbonyl (C=O) groups is 2. The van der Waals surface area contributed by atoms with Gasteiger partial charge < -0.3 is 29.1 Å². The highest BCUT2D eigenvalue weighted by Gasteiger charge is 2.46. The third-order valence-electron chi connectivity index (χ3n) is 7.27. The van der Waals surface area contributed by atoms with E-state index in [4.69, 9.17) is 14.2 Å². The van der Waals surface area contributed by atoms with Crippen LogP contribution in [-0.2, 0) is 16.2 Å². The number of methoxy groups -OCH3 is 1. The summed E-state index contributed by atoms with van der Waals surface area (Å²) in [6.45, 7) is 5.80. The SMILES string of the molecule is CCCCOc1ccc(/C(O)=C2\C(=O)C(=O)N(CCN(C)C)C2c2ccc(OCc3ccccc3)c(OC)c2)cc1C. The molecular weight excluding hydrogens is 532 g/mol. The standard InChI is InChI=1S/C34H40N2O6/c1-6-7-19-41-27-15-14-26(20-23(27)2)32(37)30-31(36(18-17-35(3)4)34(39)33(30)38)25-13-16-28(29(21-25)40-5)42-22-24-11-9-8-10-12-24/h8-16,20-21,31,37H,6-7,17-19,22H2,1-5H3/b32-30+. The second-order valence-electron chi connectivity index (χ2n) is 10.7. The van der Waals surface area contributed by atoms with Crippen LogP contribution in [0.25, 0.3) is 5.76 Å². The van der Waals surface area contributed by atoms with Gasteiger partial charge in [0.05, 0.1) is 25.3 Å². The lowest BCUT2D eigenvalue weighted by molar-refractivity contribution is -0.140. The number of aryl methyl sites for hydroxylation is 1. The molecule has 1 amide bonds. The fourth-order valence-electron chi connectivity index (χ4n) is 4.91. The molecule has 0 bridgehead atoms. The highest BCUT2D eigenvalue weighted by atomic mass is 16.5. The Kier molecular flexibility index (Phi) is 10.3. The van der Waals surface area contributed by atoms with Gasteiger partial charge in [-0.3, -0.25) is 9.59 Å². The molecule has 0 saturated carbocycles. The van der Waals surface area contributed by atoms with Gasteiger partial charge in [-0.15, -0.1) is 0 Å². The van der Waals surface area contributed by atoms with Crippen molar-refractivity contribution >= 4 is 17.4 Å². The molecular formula is C34H40N2O6. The van der Waals surface area contributed by atoms with E-state index in [0.29, 0.717) is 48.9 Å². The Morgan fingerprint density at radius 1 is 0.952 bits per heavy atom. The summed E-state index contributed by atoms with van der Waals surface area (Å²) in [5.41, 5.74) is 2.96. The molecule has 0 aromatic heterocycles. The smallest absolute Gasteiger partial charge is 0.295 e. The highest BCUT2D eigenvalue weighted by Crippen LogP contribution is 2.42. The van der Waals surface area contributed by atoms with Crippen molar-refractivity contribution < 1.29 is 28.9 Å². The molecule has 8 nitrogen and oxygen atoms in total. The van der Waals surface area contributed by atoms with Crippen molar-refractivity contribution in [2.24, 2.45) is 0 Å². The highest BCUT2D eigenvalue weighted by molar-refractivity contribution is 6.46. The maximum Gasteiger partial charge on any atom is 0.295 e. The zero-order chi connectivity index (χ0) is 30.2. The largest absolute Gasteiger partial charge is 0.507 e. The van der Waals surface area contributed by atoms with Crippen molar-refractivity contribution in [2.75, 3.05) is 40.9 Å². The third-order valence-corrected chi connectivity index (χ3v) is 7.27. The molecule has 1 aliphatic heterocycles. The summed E-state index contributed by atoms with van der Waals surface area (Å²) in [5.74, 6) is 0.121. The first-order valence-corrected chi connectivity index (χ1v) is 14.3. The normalized spacial score (nSPS) is 16.2. The lowest BCUT2D eigenvalue weighted by Gasteiger charge is -2.27. The van der Waals surface area contributed by atoms with E-state index in [0.717, 1.165) is 29.7 Å². The monoisotopic (exact) mass is 572 g/mol. The number of nitrogens with zero attached hydrogens (tertiary/aromatic N) is 2. The van der Waals surface area contributed by atoms with E-state index in [1.54, 1.807) is 37.4 Å². The van der Waals surface area contributed by atoms with Crippen LogP contribution in [0, 0.1) is 6.92 Å². The topological polar surface area (TPSA) is 88.5 Å². The van der Waals surface area contributed by atoms with Crippen molar-refractivity contribution in [3.8, 4) is 17.2 Å². The molecule has 0 radical (unpaired) electrons.